The third-order valence-corrected chi connectivity index (χ3v) is 3.71. The third kappa shape index (κ3) is 3.92. The molecule has 0 bridgehead atoms. The minimum atomic E-state index is -0.574. The van der Waals surface area contributed by atoms with Gasteiger partial charge in [0.15, 0.2) is 0 Å². The van der Waals surface area contributed by atoms with Crippen molar-refractivity contribution in [1.29, 1.82) is 0 Å². The third-order valence-electron chi connectivity index (χ3n) is 1.96. The lowest BCUT2D eigenvalue weighted by molar-refractivity contribution is 0.0367. The molecule has 0 atom stereocenters. The van der Waals surface area contributed by atoms with Crippen molar-refractivity contribution in [3.05, 3.63) is 31.7 Å². The van der Waals surface area contributed by atoms with E-state index in [-0.39, 0.29) is 37.7 Å². The summed E-state index contributed by atoms with van der Waals surface area (Å²) < 4.78 is 5.14. The Morgan fingerprint density at radius 2 is 1.67 bits per heavy atom. The summed E-state index contributed by atoms with van der Waals surface area (Å²) in [5, 5.41) is 0.378. The smallest absolute Gasteiger partial charge is 0.339 e. The average Bonchev–Trinajstić information content (AvgIpc) is 2.27. The molecule has 0 spiro atoms. The first kappa shape index (κ1) is 15.9. The van der Waals surface area contributed by atoms with Crippen molar-refractivity contribution in [3.8, 4) is 0 Å². The van der Waals surface area contributed by atoms with Gasteiger partial charge in [0.1, 0.15) is 0 Å². The van der Waals surface area contributed by atoms with E-state index in [0.717, 1.165) is 0 Å². The van der Waals surface area contributed by atoms with Crippen LogP contribution in [0.25, 0.3) is 0 Å². The predicted molar refractivity (Wildman–Crippen MR) is 76.2 cm³/mol. The van der Waals surface area contributed by atoms with Crippen molar-refractivity contribution in [2.45, 2.75) is 20.8 Å². The Balaban J connectivity index is 3.01. The van der Waals surface area contributed by atoms with Crippen molar-refractivity contribution < 1.29 is 9.53 Å². The maximum Gasteiger partial charge on any atom is 0.339 e. The lowest BCUT2D eigenvalue weighted by atomic mass is 9.99. The van der Waals surface area contributed by atoms with Crippen LogP contribution >= 0.6 is 46.4 Å². The van der Waals surface area contributed by atoms with Crippen LogP contribution in [-0.4, -0.2) is 12.6 Å². The van der Waals surface area contributed by atoms with Crippen LogP contribution in [-0.2, 0) is 4.74 Å². The number of carbonyl (C=O) groups is 1. The van der Waals surface area contributed by atoms with Crippen LogP contribution in [0.2, 0.25) is 20.1 Å². The molecule has 1 aromatic rings. The van der Waals surface area contributed by atoms with Crippen LogP contribution in [0.4, 0.5) is 0 Å². The number of hydrogen-bond donors (Lipinski definition) is 0. The highest BCUT2D eigenvalue weighted by molar-refractivity contribution is 6.52. The fraction of sp³-hybridized carbons (Fsp3) is 0.417. The Labute approximate surface area is 126 Å². The summed E-state index contributed by atoms with van der Waals surface area (Å²) in [6, 6.07) is 1.35. The lowest BCUT2D eigenvalue weighted by Gasteiger charge is -2.18. The average molecular weight is 330 g/mol. The van der Waals surface area contributed by atoms with Gasteiger partial charge in [0.05, 0.1) is 32.3 Å². The van der Waals surface area contributed by atoms with E-state index in [1.165, 1.54) is 6.07 Å². The molecule has 0 aromatic heterocycles. The Morgan fingerprint density at radius 3 is 2.17 bits per heavy atom. The first-order chi connectivity index (χ1) is 8.13. The van der Waals surface area contributed by atoms with E-state index < -0.39 is 5.97 Å². The molecule has 0 radical (unpaired) electrons. The quantitative estimate of drug-likeness (QED) is 0.406. The second-order valence-corrected chi connectivity index (χ2v) is 6.53. The molecule has 0 unspecified atom stereocenters. The van der Waals surface area contributed by atoms with Crippen LogP contribution in [0, 0.1) is 5.41 Å². The zero-order valence-corrected chi connectivity index (χ0v) is 13.1. The van der Waals surface area contributed by atoms with E-state index in [1.807, 2.05) is 20.8 Å². The summed E-state index contributed by atoms with van der Waals surface area (Å²) in [6.07, 6.45) is 0. The molecule has 1 aromatic carbocycles. The first-order valence-electron chi connectivity index (χ1n) is 5.13. The molecular formula is C12H12Cl4O2. The minimum Gasteiger partial charge on any atom is -0.461 e. The summed E-state index contributed by atoms with van der Waals surface area (Å²) in [5.41, 5.74) is -0.0254. The number of ether oxygens (including phenoxy) is 1. The number of carbonyl (C=O) groups excluding carboxylic acids is 1. The highest BCUT2D eigenvalue weighted by Gasteiger charge is 2.21. The fourth-order valence-corrected chi connectivity index (χ4v) is 1.96. The standard InChI is InChI=1S/C12H12Cl4O2/c1-12(2,3)5-18-11(17)6-4-7(13)9(15)10(16)8(6)14/h4H,5H2,1-3H3. The maximum absolute atomic E-state index is 11.9. The molecule has 1 rings (SSSR count). The van der Waals surface area contributed by atoms with Crippen LogP contribution in [0.5, 0.6) is 0 Å². The highest BCUT2D eigenvalue weighted by Crippen LogP contribution is 2.38. The highest BCUT2D eigenvalue weighted by atomic mass is 35.5. The maximum atomic E-state index is 11.9. The van der Waals surface area contributed by atoms with E-state index in [0.29, 0.717) is 0 Å². The molecule has 6 heteroatoms. The fourth-order valence-electron chi connectivity index (χ4n) is 1.08. The Hall–Kier alpha value is -0.150. The SMILES string of the molecule is CC(C)(C)COC(=O)c1cc(Cl)c(Cl)c(Cl)c1Cl. The predicted octanol–water partition coefficient (Wildman–Crippen LogP) is 5.50. The van der Waals surface area contributed by atoms with E-state index in [9.17, 15) is 4.79 Å². The van der Waals surface area contributed by atoms with E-state index in [4.69, 9.17) is 51.1 Å². The monoisotopic (exact) mass is 328 g/mol. The van der Waals surface area contributed by atoms with E-state index >= 15 is 0 Å². The molecule has 0 aliphatic heterocycles. The number of halogens is 4. The molecule has 0 amide bonds. The molecule has 100 valence electrons. The summed E-state index contributed by atoms with van der Waals surface area (Å²) in [7, 11) is 0. The molecule has 0 saturated carbocycles. The van der Waals surface area contributed by atoms with Gasteiger partial charge in [0.25, 0.3) is 0 Å². The van der Waals surface area contributed by atoms with Gasteiger partial charge in [-0.25, -0.2) is 4.79 Å². The zero-order chi connectivity index (χ0) is 14.1. The van der Waals surface area contributed by atoms with Crippen LogP contribution in [0.3, 0.4) is 0 Å². The second kappa shape index (κ2) is 5.87. The van der Waals surface area contributed by atoms with Gasteiger partial charge in [0.2, 0.25) is 0 Å². The van der Waals surface area contributed by atoms with Crippen molar-refractivity contribution >= 4 is 52.4 Å². The van der Waals surface area contributed by atoms with Gasteiger partial charge in [0, 0.05) is 0 Å². The minimum absolute atomic E-state index is 0.0463. The molecular weight excluding hydrogens is 318 g/mol. The summed E-state index contributed by atoms with van der Waals surface area (Å²) >= 11 is 23.5. The number of esters is 1. The normalized spacial score (nSPS) is 11.5. The van der Waals surface area contributed by atoms with Gasteiger partial charge < -0.3 is 4.74 Å². The van der Waals surface area contributed by atoms with Crippen LogP contribution in [0.15, 0.2) is 6.07 Å². The zero-order valence-electron chi connectivity index (χ0n) is 10.1. The Morgan fingerprint density at radius 1 is 1.11 bits per heavy atom. The molecule has 18 heavy (non-hydrogen) atoms. The van der Waals surface area contributed by atoms with E-state index in [2.05, 4.69) is 0 Å². The van der Waals surface area contributed by atoms with Crippen molar-refractivity contribution in [3.63, 3.8) is 0 Å². The largest absolute Gasteiger partial charge is 0.461 e. The lowest BCUT2D eigenvalue weighted by Crippen LogP contribution is -2.18. The van der Waals surface area contributed by atoms with Gasteiger partial charge >= 0.3 is 5.97 Å². The van der Waals surface area contributed by atoms with Gasteiger partial charge in [-0.05, 0) is 11.5 Å². The van der Waals surface area contributed by atoms with Gasteiger partial charge in [-0.2, -0.15) is 0 Å². The second-order valence-electron chi connectivity index (χ2n) is 4.98. The summed E-state index contributed by atoms with van der Waals surface area (Å²) in [4.78, 5) is 11.9. The topological polar surface area (TPSA) is 26.3 Å². The molecule has 2 nitrogen and oxygen atoms in total. The van der Waals surface area contributed by atoms with Crippen molar-refractivity contribution in [2.24, 2.45) is 5.41 Å². The van der Waals surface area contributed by atoms with Crippen LogP contribution in [0.1, 0.15) is 31.1 Å². The van der Waals surface area contributed by atoms with Gasteiger partial charge in [-0.15, -0.1) is 0 Å². The molecule has 0 saturated heterocycles. The molecule has 0 heterocycles. The van der Waals surface area contributed by atoms with Crippen LogP contribution < -0.4 is 0 Å². The first-order valence-corrected chi connectivity index (χ1v) is 6.65. The van der Waals surface area contributed by atoms with Gasteiger partial charge in [-0.3, -0.25) is 0 Å². The van der Waals surface area contributed by atoms with E-state index in [1.54, 1.807) is 0 Å². The number of hydrogen-bond acceptors (Lipinski definition) is 2. The summed E-state index contributed by atoms with van der Waals surface area (Å²) in [6.45, 7) is 6.11. The molecule has 0 aliphatic carbocycles. The number of rotatable bonds is 2. The molecule has 0 N–H and O–H groups in total. The van der Waals surface area contributed by atoms with Crippen molar-refractivity contribution in [1.82, 2.24) is 0 Å². The Bertz CT molecular complexity index is 478. The number of benzene rings is 1. The molecule has 0 fully saturated rings. The van der Waals surface area contributed by atoms with Crippen molar-refractivity contribution in [2.75, 3.05) is 6.61 Å². The van der Waals surface area contributed by atoms with Gasteiger partial charge in [-0.1, -0.05) is 67.2 Å². The Kier molecular flexibility index (Phi) is 5.19. The molecule has 0 aliphatic rings. The summed E-state index contributed by atoms with van der Waals surface area (Å²) in [5.74, 6) is -0.574.